The first kappa shape index (κ1) is 26.0. The van der Waals surface area contributed by atoms with E-state index < -0.39 is 17.8 Å². The molecular formula is C26H28F3N3O3. The zero-order valence-electron chi connectivity index (χ0n) is 19.4. The lowest BCUT2D eigenvalue weighted by atomic mass is 9.88. The van der Waals surface area contributed by atoms with Crippen LogP contribution in [0.1, 0.15) is 44.7 Å². The molecule has 0 radical (unpaired) electrons. The molecule has 0 saturated carbocycles. The Hall–Kier alpha value is -3.62. The third-order valence-corrected chi connectivity index (χ3v) is 6.03. The SMILES string of the molecule is C=CCNC(=O)C(NC(=O)c1cccc(C)c1)C1CCN(C(=O)c2ccc(C(F)(F)F)cc2)CC1. The van der Waals surface area contributed by atoms with Crippen LogP contribution in [0.3, 0.4) is 0 Å². The van der Waals surface area contributed by atoms with E-state index in [1.165, 1.54) is 12.1 Å². The molecule has 3 amide bonds. The molecule has 0 spiro atoms. The summed E-state index contributed by atoms with van der Waals surface area (Å²) >= 11 is 0. The number of carbonyl (C=O) groups is 3. The lowest BCUT2D eigenvalue weighted by Crippen LogP contribution is -2.53. The largest absolute Gasteiger partial charge is 0.416 e. The van der Waals surface area contributed by atoms with E-state index in [9.17, 15) is 27.6 Å². The predicted octanol–water partition coefficient (Wildman–Crippen LogP) is 3.97. The van der Waals surface area contributed by atoms with Crippen molar-refractivity contribution in [2.45, 2.75) is 32.0 Å². The summed E-state index contributed by atoms with van der Waals surface area (Å²) < 4.78 is 38.4. The minimum Gasteiger partial charge on any atom is -0.351 e. The van der Waals surface area contributed by atoms with Crippen molar-refractivity contribution in [2.24, 2.45) is 5.92 Å². The molecule has 1 atom stereocenters. The van der Waals surface area contributed by atoms with Crippen LogP contribution >= 0.6 is 0 Å². The molecule has 9 heteroatoms. The average Bonchev–Trinajstić information content (AvgIpc) is 2.85. The quantitative estimate of drug-likeness (QED) is 0.581. The summed E-state index contributed by atoms with van der Waals surface area (Å²) in [5, 5.41) is 5.57. The second-order valence-electron chi connectivity index (χ2n) is 8.56. The number of benzene rings is 2. The monoisotopic (exact) mass is 487 g/mol. The fraction of sp³-hybridized carbons (Fsp3) is 0.346. The Labute approximate surface area is 202 Å². The number of likely N-dealkylation sites (tertiary alicyclic amines) is 1. The normalized spacial score (nSPS) is 15.3. The number of aryl methyl sites for hydroxylation is 1. The highest BCUT2D eigenvalue weighted by molar-refractivity contribution is 5.98. The van der Waals surface area contributed by atoms with Gasteiger partial charge in [0.25, 0.3) is 11.8 Å². The van der Waals surface area contributed by atoms with Gasteiger partial charge < -0.3 is 15.5 Å². The van der Waals surface area contributed by atoms with E-state index in [0.717, 1.165) is 17.7 Å². The number of rotatable bonds is 7. The van der Waals surface area contributed by atoms with Crippen molar-refractivity contribution < 1.29 is 27.6 Å². The summed E-state index contributed by atoms with van der Waals surface area (Å²) in [7, 11) is 0. The highest BCUT2D eigenvalue weighted by atomic mass is 19.4. The van der Waals surface area contributed by atoms with E-state index >= 15 is 0 Å². The smallest absolute Gasteiger partial charge is 0.351 e. The van der Waals surface area contributed by atoms with Crippen molar-refractivity contribution >= 4 is 17.7 Å². The van der Waals surface area contributed by atoms with Gasteiger partial charge in [-0.25, -0.2) is 0 Å². The van der Waals surface area contributed by atoms with Crippen LogP contribution in [0.25, 0.3) is 0 Å². The van der Waals surface area contributed by atoms with Gasteiger partial charge in [0, 0.05) is 30.8 Å². The van der Waals surface area contributed by atoms with Crippen LogP contribution in [0.2, 0.25) is 0 Å². The first-order valence-electron chi connectivity index (χ1n) is 11.3. The number of halogens is 3. The van der Waals surface area contributed by atoms with Gasteiger partial charge in [0.05, 0.1) is 5.56 Å². The summed E-state index contributed by atoms with van der Waals surface area (Å²) in [6.45, 7) is 6.34. The maximum Gasteiger partial charge on any atom is 0.416 e. The van der Waals surface area contributed by atoms with Gasteiger partial charge in [-0.15, -0.1) is 6.58 Å². The molecule has 0 aliphatic carbocycles. The van der Waals surface area contributed by atoms with Gasteiger partial charge in [0.15, 0.2) is 0 Å². The van der Waals surface area contributed by atoms with Gasteiger partial charge in [0.1, 0.15) is 6.04 Å². The van der Waals surface area contributed by atoms with Crippen LogP contribution in [-0.4, -0.2) is 48.3 Å². The molecule has 3 rings (SSSR count). The molecule has 1 aliphatic heterocycles. The fourth-order valence-corrected chi connectivity index (χ4v) is 4.11. The van der Waals surface area contributed by atoms with E-state index in [4.69, 9.17) is 0 Å². The Morgan fingerprint density at radius 2 is 1.74 bits per heavy atom. The minimum absolute atomic E-state index is 0.171. The summed E-state index contributed by atoms with van der Waals surface area (Å²) in [5.41, 5.74) is 0.719. The molecule has 1 aliphatic rings. The molecule has 2 aromatic carbocycles. The molecule has 2 aromatic rings. The number of alkyl halides is 3. The van der Waals surface area contributed by atoms with Crippen molar-refractivity contribution in [3.05, 3.63) is 83.4 Å². The highest BCUT2D eigenvalue weighted by Gasteiger charge is 2.34. The number of nitrogens with zero attached hydrogens (tertiary/aromatic N) is 1. The van der Waals surface area contributed by atoms with E-state index in [2.05, 4.69) is 17.2 Å². The molecule has 1 unspecified atom stereocenters. The van der Waals surface area contributed by atoms with Crippen LogP contribution in [-0.2, 0) is 11.0 Å². The Bertz CT molecular complexity index is 1080. The van der Waals surface area contributed by atoms with Crippen LogP contribution in [0, 0.1) is 12.8 Å². The highest BCUT2D eigenvalue weighted by Crippen LogP contribution is 2.29. The van der Waals surface area contributed by atoms with E-state index in [1.54, 1.807) is 29.2 Å². The van der Waals surface area contributed by atoms with Crippen molar-refractivity contribution in [3.8, 4) is 0 Å². The molecule has 0 bridgehead atoms. The van der Waals surface area contributed by atoms with Gasteiger partial charge in [-0.1, -0.05) is 23.8 Å². The zero-order valence-corrected chi connectivity index (χ0v) is 19.4. The summed E-state index contributed by atoms with van der Waals surface area (Å²) in [5.74, 6) is -1.28. The van der Waals surface area contributed by atoms with Gasteiger partial charge in [0.2, 0.25) is 5.91 Å². The topological polar surface area (TPSA) is 78.5 Å². The second-order valence-corrected chi connectivity index (χ2v) is 8.56. The first-order valence-corrected chi connectivity index (χ1v) is 11.3. The number of hydrogen-bond acceptors (Lipinski definition) is 3. The van der Waals surface area contributed by atoms with Crippen LogP contribution < -0.4 is 10.6 Å². The lowest BCUT2D eigenvalue weighted by Gasteiger charge is -2.36. The molecule has 2 N–H and O–H groups in total. The predicted molar refractivity (Wildman–Crippen MR) is 126 cm³/mol. The maximum absolute atomic E-state index is 12.8. The molecule has 186 valence electrons. The number of piperidine rings is 1. The van der Waals surface area contributed by atoms with E-state index in [1.807, 2.05) is 13.0 Å². The Kier molecular flexibility index (Phi) is 8.32. The molecular weight excluding hydrogens is 459 g/mol. The molecule has 1 heterocycles. The Balaban J connectivity index is 1.67. The molecule has 35 heavy (non-hydrogen) atoms. The van der Waals surface area contributed by atoms with Crippen molar-refractivity contribution in [1.29, 1.82) is 0 Å². The fourth-order valence-electron chi connectivity index (χ4n) is 4.11. The van der Waals surface area contributed by atoms with Crippen molar-refractivity contribution in [1.82, 2.24) is 15.5 Å². The number of carbonyl (C=O) groups excluding carboxylic acids is 3. The van der Waals surface area contributed by atoms with Gasteiger partial charge >= 0.3 is 6.18 Å². The van der Waals surface area contributed by atoms with Crippen molar-refractivity contribution in [2.75, 3.05) is 19.6 Å². The Morgan fingerprint density at radius 1 is 1.09 bits per heavy atom. The average molecular weight is 488 g/mol. The summed E-state index contributed by atoms with van der Waals surface area (Å²) in [4.78, 5) is 40.0. The second kappa shape index (κ2) is 11.2. The van der Waals surface area contributed by atoms with E-state index in [-0.39, 0.29) is 35.7 Å². The minimum atomic E-state index is -4.47. The van der Waals surface area contributed by atoms with E-state index in [0.29, 0.717) is 31.5 Å². The first-order chi connectivity index (χ1) is 16.6. The number of nitrogens with one attached hydrogen (secondary N) is 2. The van der Waals surface area contributed by atoms with Gasteiger partial charge in [-0.05, 0) is 62.1 Å². The van der Waals surface area contributed by atoms with Gasteiger partial charge in [-0.3, -0.25) is 14.4 Å². The number of hydrogen-bond donors (Lipinski definition) is 2. The van der Waals surface area contributed by atoms with Crippen molar-refractivity contribution in [3.63, 3.8) is 0 Å². The zero-order chi connectivity index (χ0) is 25.6. The summed E-state index contributed by atoms with van der Waals surface area (Å²) in [6, 6.07) is 10.4. The van der Waals surface area contributed by atoms with Crippen LogP contribution in [0.4, 0.5) is 13.2 Å². The molecule has 1 fully saturated rings. The standard InChI is InChI=1S/C26H28F3N3O3/c1-3-13-30-24(34)22(31-23(33)20-6-4-5-17(2)16-20)18-11-14-32(15-12-18)25(35)19-7-9-21(10-8-19)26(27,28)29/h3-10,16,18,22H,1,11-15H2,2H3,(H,30,34)(H,31,33). The lowest BCUT2D eigenvalue weighted by molar-refractivity contribution is -0.137. The summed E-state index contributed by atoms with van der Waals surface area (Å²) in [6.07, 6.45) is -2.02. The molecule has 0 aromatic heterocycles. The third-order valence-electron chi connectivity index (χ3n) is 6.03. The molecule has 1 saturated heterocycles. The van der Waals surface area contributed by atoms with Crippen LogP contribution in [0.15, 0.2) is 61.2 Å². The third kappa shape index (κ3) is 6.71. The van der Waals surface area contributed by atoms with Gasteiger partial charge in [-0.2, -0.15) is 13.2 Å². The maximum atomic E-state index is 12.8. The molecule has 6 nitrogen and oxygen atoms in total. The van der Waals surface area contributed by atoms with Crippen LogP contribution in [0.5, 0.6) is 0 Å². The Morgan fingerprint density at radius 3 is 2.31 bits per heavy atom. The number of amides is 3.